The van der Waals surface area contributed by atoms with Crippen LogP contribution in [0.2, 0.25) is 0 Å². The molecule has 0 radical (unpaired) electrons. The minimum absolute atomic E-state index is 0.132. The molecule has 6 nitrogen and oxygen atoms in total. The number of piperidine rings is 1. The summed E-state index contributed by atoms with van der Waals surface area (Å²) in [4.78, 5) is 23.7. The number of hydrogen-bond donors (Lipinski definition) is 1. The van der Waals surface area contributed by atoms with Crippen molar-refractivity contribution in [3.63, 3.8) is 0 Å². The van der Waals surface area contributed by atoms with Gasteiger partial charge in [0, 0.05) is 50.5 Å². The molecule has 2 aromatic heterocycles. The van der Waals surface area contributed by atoms with Crippen molar-refractivity contribution in [3.8, 4) is 5.69 Å². The van der Waals surface area contributed by atoms with Crippen molar-refractivity contribution in [2.45, 2.75) is 25.4 Å². The van der Waals surface area contributed by atoms with Crippen molar-refractivity contribution in [2.24, 2.45) is 0 Å². The number of benzene rings is 2. The molecular weight excluding hydrogens is 386 g/mol. The summed E-state index contributed by atoms with van der Waals surface area (Å²) in [6, 6.07) is 19.1. The Hall–Kier alpha value is -3.51. The molecule has 0 atom stereocenters. The van der Waals surface area contributed by atoms with Crippen LogP contribution < -0.4 is 10.9 Å². The Labute approximate surface area is 181 Å². The monoisotopic (exact) mass is 411 g/mol. The van der Waals surface area contributed by atoms with E-state index in [1.54, 1.807) is 29.4 Å². The highest BCUT2D eigenvalue weighted by Gasteiger charge is 2.21. The fraction of sp³-hybridized carbons (Fsp3) is 0.240. The maximum absolute atomic E-state index is 12.9. The second kappa shape index (κ2) is 8.70. The Morgan fingerprint density at radius 3 is 2.52 bits per heavy atom. The Bertz CT molecular complexity index is 1230. The molecule has 0 unspecified atom stereocenters. The maximum Gasteiger partial charge on any atom is 0.297 e. The van der Waals surface area contributed by atoms with Crippen molar-refractivity contribution in [1.29, 1.82) is 0 Å². The lowest BCUT2D eigenvalue weighted by Gasteiger charge is -2.32. The first kappa shape index (κ1) is 19.5. The molecule has 156 valence electrons. The lowest BCUT2D eigenvalue weighted by molar-refractivity contribution is 0.211. The van der Waals surface area contributed by atoms with Gasteiger partial charge >= 0.3 is 0 Å². The summed E-state index contributed by atoms with van der Waals surface area (Å²) in [7, 11) is 0. The van der Waals surface area contributed by atoms with Crippen LogP contribution >= 0.6 is 0 Å². The summed E-state index contributed by atoms with van der Waals surface area (Å²) in [5, 5.41) is 5.95. The molecule has 5 rings (SSSR count). The number of pyridine rings is 1. The molecule has 4 aromatic rings. The first-order valence-electron chi connectivity index (χ1n) is 10.7. The van der Waals surface area contributed by atoms with Gasteiger partial charge in [-0.2, -0.15) is 0 Å². The normalized spacial score (nSPS) is 15.2. The highest BCUT2D eigenvalue weighted by Crippen LogP contribution is 2.20. The number of nitrogens with zero attached hydrogens (tertiary/aromatic N) is 4. The van der Waals surface area contributed by atoms with Crippen molar-refractivity contribution in [2.75, 3.05) is 18.4 Å². The summed E-state index contributed by atoms with van der Waals surface area (Å²) in [6.07, 6.45) is 8.69. The third kappa shape index (κ3) is 4.34. The maximum atomic E-state index is 12.9. The van der Waals surface area contributed by atoms with E-state index in [4.69, 9.17) is 0 Å². The van der Waals surface area contributed by atoms with Crippen LogP contribution in [0.25, 0.3) is 16.5 Å². The van der Waals surface area contributed by atoms with E-state index >= 15 is 0 Å². The molecule has 1 aliphatic heterocycles. The predicted octanol–water partition coefficient (Wildman–Crippen LogP) is 3.86. The number of anilines is 1. The molecule has 0 amide bonds. The van der Waals surface area contributed by atoms with E-state index < -0.39 is 0 Å². The quantitative estimate of drug-likeness (QED) is 0.540. The van der Waals surface area contributed by atoms with E-state index in [1.165, 1.54) is 16.3 Å². The van der Waals surface area contributed by atoms with E-state index in [0.717, 1.165) is 38.2 Å². The van der Waals surface area contributed by atoms with Gasteiger partial charge in [-0.3, -0.25) is 19.2 Å². The second-order valence-corrected chi connectivity index (χ2v) is 8.03. The topological polar surface area (TPSA) is 63.1 Å². The molecule has 2 aromatic carbocycles. The van der Waals surface area contributed by atoms with Gasteiger partial charge in [-0.1, -0.05) is 36.4 Å². The van der Waals surface area contributed by atoms with Crippen LogP contribution in [-0.2, 0) is 6.54 Å². The Balaban J connectivity index is 1.22. The first-order chi connectivity index (χ1) is 15.3. The van der Waals surface area contributed by atoms with Gasteiger partial charge in [0.15, 0.2) is 5.82 Å². The zero-order chi connectivity index (χ0) is 21.0. The molecule has 1 aliphatic rings. The largest absolute Gasteiger partial charge is 0.363 e. The van der Waals surface area contributed by atoms with Crippen molar-refractivity contribution < 1.29 is 0 Å². The van der Waals surface area contributed by atoms with Crippen molar-refractivity contribution >= 4 is 16.6 Å². The zero-order valence-electron chi connectivity index (χ0n) is 17.3. The van der Waals surface area contributed by atoms with Crippen LogP contribution in [0.1, 0.15) is 18.4 Å². The van der Waals surface area contributed by atoms with E-state index in [2.05, 4.69) is 62.6 Å². The second-order valence-electron chi connectivity index (χ2n) is 8.03. The molecular formula is C25H25N5O. The summed E-state index contributed by atoms with van der Waals surface area (Å²) in [5.41, 5.74) is 2.00. The highest BCUT2D eigenvalue weighted by molar-refractivity contribution is 5.82. The SMILES string of the molecule is O=c1c(NC2CCN(Cc3ccc4ccccc4c3)CC2)nccn1-c1ccncc1. The standard InChI is InChI=1S/C25H25N5O/c31-25-24(27-13-16-30(25)23-7-11-26-12-8-23)28-22-9-14-29(15-10-22)18-19-5-6-20-3-1-2-4-21(20)17-19/h1-8,11-13,16-17,22H,9-10,14-15,18H2,(H,27,28). The van der Waals surface area contributed by atoms with Crippen LogP contribution in [0, 0.1) is 0 Å². The molecule has 0 spiro atoms. The van der Waals surface area contributed by atoms with Crippen LogP contribution in [-0.4, -0.2) is 38.6 Å². The van der Waals surface area contributed by atoms with E-state index in [1.807, 2.05) is 12.1 Å². The minimum atomic E-state index is -0.132. The predicted molar refractivity (Wildman–Crippen MR) is 123 cm³/mol. The smallest absolute Gasteiger partial charge is 0.297 e. The first-order valence-corrected chi connectivity index (χ1v) is 10.7. The highest BCUT2D eigenvalue weighted by atomic mass is 16.1. The van der Waals surface area contributed by atoms with Gasteiger partial charge in [-0.15, -0.1) is 0 Å². The van der Waals surface area contributed by atoms with Gasteiger partial charge in [0.25, 0.3) is 5.56 Å². The van der Waals surface area contributed by atoms with Crippen LogP contribution in [0.3, 0.4) is 0 Å². The molecule has 1 saturated heterocycles. The average Bonchev–Trinajstić information content (AvgIpc) is 2.82. The number of nitrogens with one attached hydrogen (secondary N) is 1. The molecule has 1 N–H and O–H groups in total. The van der Waals surface area contributed by atoms with Crippen LogP contribution in [0.4, 0.5) is 5.82 Å². The number of hydrogen-bond acceptors (Lipinski definition) is 5. The molecule has 0 bridgehead atoms. The van der Waals surface area contributed by atoms with Crippen molar-refractivity contribution in [3.05, 3.63) is 95.3 Å². The Morgan fingerprint density at radius 1 is 0.935 bits per heavy atom. The summed E-state index contributed by atoms with van der Waals surface area (Å²) in [6.45, 7) is 2.95. The van der Waals surface area contributed by atoms with Gasteiger partial charge in [0.1, 0.15) is 0 Å². The minimum Gasteiger partial charge on any atom is -0.363 e. The van der Waals surface area contributed by atoms with E-state index in [0.29, 0.717) is 5.82 Å². The molecule has 0 aliphatic carbocycles. The zero-order valence-corrected chi connectivity index (χ0v) is 17.3. The number of rotatable bonds is 5. The number of aromatic nitrogens is 3. The van der Waals surface area contributed by atoms with E-state index in [-0.39, 0.29) is 11.6 Å². The Morgan fingerprint density at radius 2 is 1.71 bits per heavy atom. The fourth-order valence-electron chi connectivity index (χ4n) is 4.24. The third-order valence-electron chi connectivity index (χ3n) is 5.93. The van der Waals surface area contributed by atoms with Gasteiger partial charge in [0.2, 0.25) is 0 Å². The molecule has 6 heteroatoms. The lowest BCUT2D eigenvalue weighted by atomic mass is 10.0. The van der Waals surface area contributed by atoms with Gasteiger partial charge in [-0.05, 0) is 47.4 Å². The molecule has 31 heavy (non-hydrogen) atoms. The van der Waals surface area contributed by atoms with Crippen molar-refractivity contribution in [1.82, 2.24) is 19.4 Å². The van der Waals surface area contributed by atoms with E-state index in [9.17, 15) is 4.79 Å². The third-order valence-corrected chi connectivity index (χ3v) is 5.93. The summed E-state index contributed by atoms with van der Waals surface area (Å²) >= 11 is 0. The molecule has 0 saturated carbocycles. The Kier molecular flexibility index (Phi) is 5.46. The summed E-state index contributed by atoms with van der Waals surface area (Å²) in [5.74, 6) is 0.410. The lowest BCUT2D eigenvalue weighted by Crippen LogP contribution is -2.40. The fourth-order valence-corrected chi connectivity index (χ4v) is 4.24. The van der Waals surface area contributed by atoms with Crippen LogP contribution in [0.5, 0.6) is 0 Å². The number of likely N-dealkylation sites (tertiary alicyclic amines) is 1. The van der Waals surface area contributed by atoms with Gasteiger partial charge in [0.05, 0.1) is 5.69 Å². The molecule has 3 heterocycles. The summed E-state index contributed by atoms with van der Waals surface area (Å²) < 4.78 is 1.60. The van der Waals surface area contributed by atoms with Gasteiger partial charge < -0.3 is 5.32 Å². The average molecular weight is 412 g/mol. The van der Waals surface area contributed by atoms with Crippen LogP contribution in [0.15, 0.2) is 84.2 Å². The number of fused-ring (bicyclic) bond motifs is 1. The van der Waals surface area contributed by atoms with Gasteiger partial charge in [-0.25, -0.2) is 4.98 Å². The molecule has 1 fully saturated rings.